The number of rotatable bonds is 10. The van der Waals surface area contributed by atoms with Gasteiger partial charge in [0.2, 0.25) is 0 Å². The van der Waals surface area contributed by atoms with Crippen LogP contribution in [0.2, 0.25) is 0 Å². The highest BCUT2D eigenvalue weighted by atomic mass is 32.2. The summed E-state index contributed by atoms with van der Waals surface area (Å²) in [6, 6.07) is 5.02. The summed E-state index contributed by atoms with van der Waals surface area (Å²) in [5, 5.41) is 4.33. The molecule has 3 rings (SSSR count). The fourth-order valence-corrected chi connectivity index (χ4v) is 5.60. The van der Waals surface area contributed by atoms with Crippen molar-refractivity contribution >= 4 is 27.5 Å². The monoisotopic (exact) mass is 521 g/mol. The third-order valence-electron chi connectivity index (χ3n) is 5.54. The van der Waals surface area contributed by atoms with Gasteiger partial charge in [0.15, 0.2) is 0 Å². The van der Waals surface area contributed by atoms with Gasteiger partial charge in [-0.05, 0) is 58.7 Å². The van der Waals surface area contributed by atoms with Crippen LogP contribution >= 0.6 is 0 Å². The Labute approximate surface area is 212 Å². The summed E-state index contributed by atoms with van der Waals surface area (Å²) >= 11 is 0. The minimum atomic E-state index is -4.03. The number of fused-ring (bicyclic) bond motifs is 1. The third-order valence-corrected chi connectivity index (χ3v) is 7.42. The molecule has 0 fully saturated rings. The molecule has 10 nitrogen and oxygen atoms in total. The van der Waals surface area contributed by atoms with Crippen LogP contribution in [0.5, 0.6) is 5.75 Å². The lowest BCUT2D eigenvalue weighted by molar-refractivity contribution is -0.153. The molecule has 1 aromatic carbocycles. The summed E-state index contributed by atoms with van der Waals surface area (Å²) in [7, 11) is -2.46. The van der Waals surface area contributed by atoms with Gasteiger partial charge in [-0.25, -0.2) is 8.42 Å². The largest absolute Gasteiger partial charge is 0.486 e. The van der Waals surface area contributed by atoms with Gasteiger partial charge in [0, 0.05) is 19.7 Å². The number of sulfonamides is 1. The minimum absolute atomic E-state index is 0.00165. The number of benzene rings is 1. The van der Waals surface area contributed by atoms with Gasteiger partial charge in [-0.3, -0.25) is 13.8 Å². The molecule has 0 N–H and O–H groups in total. The van der Waals surface area contributed by atoms with Gasteiger partial charge >= 0.3 is 5.97 Å². The van der Waals surface area contributed by atoms with Gasteiger partial charge in [-0.2, -0.15) is 5.10 Å². The lowest BCUT2D eigenvalue weighted by Gasteiger charge is -2.35. The van der Waals surface area contributed by atoms with E-state index >= 15 is 0 Å². The zero-order valence-electron chi connectivity index (χ0n) is 21.7. The van der Waals surface area contributed by atoms with E-state index in [-0.39, 0.29) is 30.1 Å². The number of aryl methyl sites for hydroxylation is 1. The third kappa shape index (κ3) is 6.85. The maximum absolute atomic E-state index is 13.9. The van der Waals surface area contributed by atoms with Crippen molar-refractivity contribution in [3.05, 3.63) is 35.7 Å². The summed E-state index contributed by atoms with van der Waals surface area (Å²) in [5.74, 6) is -0.0410. The first-order chi connectivity index (χ1) is 16.8. The Morgan fingerprint density at radius 1 is 1.25 bits per heavy atom. The average Bonchev–Trinajstić information content (AvgIpc) is 3.15. The molecule has 2 heterocycles. The van der Waals surface area contributed by atoms with Crippen molar-refractivity contribution in [1.82, 2.24) is 9.78 Å². The van der Waals surface area contributed by atoms with Gasteiger partial charge < -0.3 is 19.0 Å². The van der Waals surface area contributed by atoms with Gasteiger partial charge in [0.1, 0.15) is 28.1 Å². The molecule has 1 aliphatic heterocycles. The molecule has 1 aromatic heterocycles. The van der Waals surface area contributed by atoms with Gasteiger partial charge in [0.25, 0.3) is 10.0 Å². The lowest BCUT2D eigenvalue weighted by Crippen LogP contribution is -2.43. The Morgan fingerprint density at radius 3 is 2.61 bits per heavy atom. The first-order valence-electron chi connectivity index (χ1n) is 11.9. The fourth-order valence-electron chi connectivity index (χ4n) is 3.92. The van der Waals surface area contributed by atoms with E-state index in [9.17, 15) is 18.0 Å². The number of anilines is 1. The van der Waals surface area contributed by atoms with Crippen LogP contribution in [-0.2, 0) is 42.1 Å². The highest BCUT2D eigenvalue weighted by Crippen LogP contribution is 2.39. The van der Waals surface area contributed by atoms with Crippen molar-refractivity contribution in [3.8, 4) is 5.75 Å². The molecule has 0 saturated heterocycles. The van der Waals surface area contributed by atoms with Crippen LogP contribution < -0.4 is 9.04 Å². The molecule has 36 heavy (non-hydrogen) atoms. The molecule has 11 heteroatoms. The number of nitrogens with zero attached hydrogens (tertiary/aromatic N) is 3. The Bertz CT molecular complexity index is 1210. The first-order valence-corrected chi connectivity index (χ1v) is 13.3. The van der Waals surface area contributed by atoms with E-state index in [1.165, 1.54) is 17.4 Å². The van der Waals surface area contributed by atoms with Crippen LogP contribution in [0.3, 0.4) is 0 Å². The van der Waals surface area contributed by atoms with Crippen LogP contribution in [0.4, 0.5) is 5.69 Å². The maximum Gasteiger partial charge on any atom is 0.310 e. The number of Topliss-reactive ketones (excluding diaryl/α,β-unsaturated/α-hetero) is 1. The van der Waals surface area contributed by atoms with Gasteiger partial charge in [-0.1, -0.05) is 6.07 Å². The number of carbonyl (C=O) groups excluding carboxylic acids is 2. The summed E-state index contributed by atoms with van der Waals surface area (Å²) in [6.45, 7) is 9.33. The minimum Gasteiger partial charge on any atom is -0.486 e. The van der Waals surface area contributed by atoms with Crippen LogP contribution in [0.15, 0.2) is 29.3 Å². The molecular formula is C25H35N3O7S. The normalized spacial score (nSPS) is 15.8. The Morgan fingerprint density at radius 2 is 1.97 bits per heavy atom. The number of esters is 1. The standard InChI is InChI=1S/C25H35N3O7S/c1-17(29)7-9-20-15-28(36(31,32)23-16-27(11-12-33-6)26-18(23)2)21-13-19(8-10-22(21)34-20)14-24(30)35-25(3,4)5/h8,10,13,16,20H,7,9,11-12,14-15H2,1-6H3/t20-/m0/s1. The van der Waals surface area contributed by atoms with Crippen molar-refractivity contribution in [3.63, 3.8) is 0 Å². The molecule has 0 spiro atoms. The molecule has 1 aliphatic rings. The van der Waals surface area contributed by atoms with Gasteiger partial charge in [0.05, 0.1) is 37.5 Å². The summed E-state index contributed by atoms with van der Waals surface area (Å²) in [6.07, 6.45) is 1.64. The van der Waals surface area contributed by atoms with Crippen molar-refractivity contribution in [2.45, 2.75) is 77.0 Å². The van der Waals surface area contributed by atoms with E-state index in [1.807, 2.05) is 0 Å². The second kappa shape index (κ2) is 11.0. The number of aromatic nitrogens is 2. The molecule has 0 unspecified atom stereocenters. The van der Waals surface area contributed by atoms with E-state index in [0.29, 0.717) is 42.3 Å². The maximum atomic E-state index is 13.9. The molecular weight excluding hydrogens is 486 g/mol. The van der Waals surface area contributed by atoms with Crippen LogP contribution in [0.1, 0.15) is 51.8 Å². The molecule has 0 radical (unpaired) electrons. The van der Waals surface area contributed by atoms with Crippen molar-refractivity contribution in [1.29, 1.82) is 0 Å². The number of carbonyl (C=O) groups is 2. The number of hydrogen-bond acceptors (Lipinski definition) is 8. The van der Waals surface area contributed by atoms with Crippen molar-refractivity contribution in [2.75, 3.05) is 24.6 Å². The molecule has 0 saturated carbocycles. The van der Waals surface area contributed by atoms with Gasteiger partial charge in [-0.15, -0.1) is 0 Å². The van der Waals surface area contributed by atoms with Crippen molar-refractivity contribution < 1.29 is 32.2 Å². The predicted octanol–water partition coefficient (Wildman–Crippen LogP) is 3.05. The quantitative estimate of drug-likeness (QED) is 0.438. The first kappa shape index (κ1) is 27.7. The number of methoxy groups -OCH3 is 1. The highest BCUT2D eigenvalue weighted by molar-refractivity contribution is 7.92. The highest BCUT2D eigenvalue weighted by Gasteiger charge is 2.36. The van der Waals surface area contributed by atoms with E-state index in [4.69, 9.17) is 14.2 Å². The number of ether oxygens (including phenoxy) is 3. The number of ketones is 1. The molecule has 1 atom stereocenters. The SMILES string of the molecule is COCCn1cc(S(=O)(=O)N2C[C@H](CCC(C)=O)Oc3ccc(CC(=O)OC(C)(C)C)cc32)c(C)n1. The zero-order valence-corrected chi connectivity index (χ0v) is 22.6. The molecule has 0 aliphatic carbocycles. The smallest absolute Gasteiger partial charge is 0.310 e. The molecule has 2 aromatic rings. The Balaban J connectivity index is 1.99. The summed E-state index contributed by atoms with van der Waals surface area (Å²) < 4.78 is 47.2. The molecule has 0 bridgehead atoms. The summed E-state index contributed by atoms with van der Waals surface area (Å²) in [5.41, 5.74) is 0.666. The van der Waals surface area contributed by atoms with E-state index in [1.54, 1.807) is 57.7 Å². The van der Waals surface area contributed by atoms with Crippen molar-refractivity contribution in [2.24, 2.45) is 0 Å². The van der Waals surface area contributed by atoms with Crippen LogP contribution in [-0.4, -0.2) is 61.9 Å². The van der Waals surface area contributed by atoms with Crippen LogP contribution in [0.25, 0.3) is 0 Å². The predicted molar refractivity (Wildman–Crippen MR) is 134 cm³/mol. The molecule has 198 valence electrons. The second-order valence-corrected chi connectivity index (χ2v) is 11.7. The van der Waals surface area contributed by atoms with E-state index in [2.05, 4.69) is 5.10 Å². The summed E-state index contributed by atoms with van der Waals surface area (Å²) in [4.78, 5) is 24.0. The zero-order chi connectivity index (χ0) is 26.7. The molecule has 0 amide bonds. The number of hydrogen-bond donors (Lipinski definition) is 0. The topological polar surface area (TPSA) is 117 Å². The van der Waals surface area contributed by atoms with Crippen LogP contribution in [0, 0.1) is 6.92 Å². The average molecular weight is 522 g/mol. The Kier molecular flexibility index (Phi) is 8.45. The Hall–Kier alpha value is -2.92. The van der Waals surface area contributed by atoms with E-state index in [0.717, 1.165) is 0 Å². The fraction of sp³-hybridized carbons (Fsp3) is 0.560. The van der Waals surface area contributed by atoms with E-state index < -0.39 is 27.7 Å². The lowest BCUT2D eigenvalue weighted by atomic mass is 10.1. The second-order valence-electron chi connectivity index (χ2n) is 9.92.